The molecule has 0 saturated heterocycles. The summed E-state index contributed by atoms with van der Waals surface area (Å²) in [6.45, 7) is 2.03. The standard InChI is InChI=1S/C16H17N5O2.ClH/c1-11(17-2)10-14-18-16(23-20-14)13-8-9-15(22)21(19-13)12-6-4-3-5-7-12;/h3-9,11,17H,10H2,1-2H3;1H. The first-order chi connectivity index (χ1) is 11.2. The van der Waals surface area contributed by atoms with E-state index in [0.717, 1.165) is 0 Å². The molecular formula is C16H18ClN5O2. The molecule has 0 aliphatic rings. The maximum absolute atomic E-state index is 12.0. The van der Waals surface area contributed by atoms with Crippen LogP contribution in [0.2, 0.25) is 0 Å². The summed E-state index contributed by atoms with van der Waals surface area (Å²) in [4.78, 5) is 16.4. The van der Waals surface area contributed by atoms with Crippen molar-refractivity contribution in [3.05, 3.63) is 58.6 Å². The molecule has 1 unspecified atom stereocenters. The van der Waals surface area contributed by atoms with Crippen molar-refractivity contribution in [2.24, 2.45) is 0 Å². The molecule has 0 aliphatic carbocycles. The van der Waals surface area contributed by atoms with Crippen molar-refractivity contribution in [1.29, 1.82) is 0 Å². The maximum atomic E-state index is 12.0. The van der Waals surface area contributed by atoms with Gasteiger partial charge in [0.1, 0.15) is 5.69 Å². The Bertz CT molecular complexity index is 847. The van der Waals surface area contributed by atoms with Gasteiger partial charge in [-0.15, -0.1) is 12.4 Å². The minimum absolute atomic E-state index is 0. The van der Waals surface area contributed by atoms with Crippen LogP contribution in [0.15, 0.2) is 51.8 Å². The SMILES string of the molecule is CNC(C)Cc1noc(-c2ccc(=O)n(-c3ccccc3)n2)n1.Cl. The number of rotatable bonds is 5. The number of hydrogen-bond donors (Lipinski definition) is 1. The van der Waals surface area contributed by atoms with Crippen LogP contribution in [0, 0.1) is 0 Å². The predicted octanol–water partition coefficient (Wildman–Crippen LogP) is 1.85. The largest absolute Gasteiger partial charge is 0.332 e. The third kappa shape index (κ3) is 3.87. The van der Waals surface area contributed by atoms with Gasteiger partial charge >= 0.3 is 0 Å². The Hall–Kier alpha value is -2.51. The fourth-order valence-electron chi connectivity index (χ4n) is 2.10. The molecular weight excluding hydrogens is 330 g/mol. The van der Waals surface area contributed by atoms with E-state index in [4.69, 9.17) is 4.52 Å². The summed E-state index contributed by atoms with van der Waals surface area (Å²) < 4.78 is 6.57. The van der Waals surface area contributed by atoms with Gasteiger partial charge < -0.3 is 9.84 Å². The normalized spacial score (nSPS) is 11.8. The summed E-state index contributed by atoms with van der Waals surface area (Å²) in [6.07, 6.45) is 0.651. The van der Waals surface area contributed by atoms with E-state index in [0.29, 0.717) is 29.5 Å². The Morgan fingerprint density at radius 3 is 2.67 bits per heavy atom. The number of aromatic nitrogens is 4. The summed E-state index contributed by atoms with van der Waals surface area (Å²) in [7, 11) is 1.88. The number of likely N-dealkylation sites (N-methyl/N-ethyl adjacent to an activating group) is 1. The van der Waals surface area contributed by atoms with Gasteiger partial charge in [-0.1, -0.05) is 23.4 Å². The quantitative estimate of drug-likeness (QED) is 0.758. The molecule has 126 valence electrons. The fourth-order valence-corrected chi connectivity index (χ4v) is 2.10. The van der Waals surface area contributed by atoms with Crippen LogP contribution in [0.1, 0.15) is 12.7 Å². The maximum Gasteiger partial charge on any atom is 0.278 e. The van der Waals surface area contributed by atoms with Gasteiger partial charge in [0.2, 0.25) is 0 Å². The minimum Gasteiger partial charge on any atom is -0.332 e. The minimum atomic E-state index is -0.219. The second-order valence-electron chi connectivity index (χ2n) is 5.21. The lowest BCUT2D eigenvalue weighted by molar-refractivity contribution is 0.416. The van der Waals surface area contributed by atoms with Crippen LogP contribution in [0.5, 0.6) is 0 Å². The lowest BCUT2D eigenvalue weighted by Gasteiger charge is -2.05. The molecule has 2 heterocycles. The van der Waals surface area contributed by atoms with Gasteiger partial charge in [-0.05, 0) is 32.2 Å². The van der Waals surface area contributed by atoms with Crippen LogP contribution >= 0.6 is 12.4 Å². The average Bonchev–Trinajstić information content (AvgIpc) is 3.04. The molecule has 0 spiro atoms. The lowest BCUT2D eigenvalue weighted by atomic mass is 10.2. The molecule has 0 radical (unpaired) electrons. The van der Waals surface area contributed by atoms with Gasteiger partial charge in [-0.2, -0.15) is 14.8 Å². The highest BCUT2D eigenvalue weighted by Gasteiger charge is 2.13. The molecule has 1 N–H and O–H groups in total. The van der Waals surface area contributed by atoms with Gasteiger partial charge in [0, 0.05) is 18.5 Å². The summed E-state index contributed by atoms with van der Waals surface area (Å²) in [5.41, 5.74) is 0.927. The molecule has 1 aromatic carbocycles. The van der Waals surface area contributed by atoms with E-state index in [1.807, 2.05) is 44.3 Å². The van der Waals surface area contributed by atoms with Crippen molar-refractivity contribution in [1.82, 2.24) is 25.2 Å². The zero-order chi connectivity index (χ0) is 16.2. The van der Waals surface area contributed by atoms with Crippen LogP contribution in [0.4, 0.5) is 0 Å². The van der Waals surface area contributed by atoms with Crippen LogP contribution in [0.25, 0.3) is 17.3 Å². The Morgan fingerprint density at radius 2 is 1.96 bits per heavy atom. The molecule has 0 fully saturated rings. The van der Waals surface area contributed by atoms with Crippen molar-refractivity contribution in [3.63, 3.8) is 0 Å². The number of benzene rings is 1. The molecule has 0 bridgehead atoms. The molecule has 0 saturated carbocycles. The highest BCUT2D eigenvalue weighted by Crippen LogP contribution is 2.14. The first-order valence-electron chi connectivity index (χ1n) is 7.33. The first-order valence-corrected chi connectivity index (χ1v) is 7.33. The Balaban J connectivity index is 0.00000208. The van der Waals surface area contributed by atoms with Crippen molar-refractivity contribution < 1.29 is 4.52 Å². The molecule has 3 aromatic rings. The monoisotopic (exact) mass is 347 g/mol. The van der Waals surface area contributed by atoms with Gasteiger partial charge in [-0.25, -0.2) is 0 Å². The number of hydrogen-bond acceptors (Lipinski definition) is 6. The lowest BCUT2D eigenvalue weighted by Crippen LogP contribution is -2.24. The van der Waals surface area contributed by atoms with Crippen molar-refractivity contribution >= 4 is 12.4 Å². The molecule has 3 rings (SSSR count). The molecule has 0 amide bonds. The molecule has 7 nitrogen and oxygen atoms in total. The van der Waals surface area contributed by atoms with Gasteiger partial charge in [0.25, 0.3) is 11.4 Å². The number of para-hydroxylation sites is 1. The van der Waals surface area contributed by atoms with Gasteiger partial charge in [-0.3, -0.25) is 4.79 Å². The third-order valence-corrected chi connectivity index (χ3v) is 3.47. The van der Waals surface area contributed by atoms with E-state index in [2.05, 4.69) is 20.6 Å². The van der Waals surface area contributed by atoms with Crippen molar-refractivity contribution in [2.75, 3.05) is 7.05 Å². The average molecular weight is 348 g/mol. The summed E-state index contributed by atoms with van der Waals surface area (Å²) in [6, 6.07) is 12.5. The van der Waals surface area contributed by atoms with E-state index in [-0.39, 0.29) is 24.0 Å². The van der Waals surface area contributed by atoms with E-state index >= 15 is 0 Å². The first kappa shape index (κ1) is 17.8. The van der Waals surface area contributed by atoms with Crippen LogP contribution < -0.4 is 10.9 Å². The molecule has 24 heavy (non-hydrogen) atoms. The van der Waals surface area contributed by atoms with Crippen LogP contribution in [-0.4, -0.2) is 33.0 Å². The van der Waals surface area contributed by atoms with Crippen LogP contribution in [0.3, 0.4) is 0 Å². The Morgan fingerprint density at radius 1 is 1.21 bits per heavy atom. The second kappa shape index (κ2) is 7.85. The molecule has 8 heteroatoms. The zero-order valence-electron chi connectivity index (χ0n) is 13.3. The number of halogens is 1. The third-order valence-electron chi connectivity index (χ3n) is 3.47. The smallest absolute Gasteiger partial charge is 0.278 e. The Kier molecular flexibility index (Phi) is 5.83. The zero-order valence-corrected chi connectivity index (χ0v) is 14.2. The summed E-state index contributed by atoms with van der Waals surface area (Å²) in [5, 5.41) is 11.4. The molecule has 2 aromatic heterocycles. The van der Waals surface area contributed by atoms with E-state index < -0.39 is 0 Å². The van der Waals surface area contributed by atoms with Crippen molar-refractivity contribution in [2.45, 2.75) is 19.4 Å². The number of nitrogens with one attached hydrogen (secondary N) is 1. The van der Waals surface area contributed by atoms with E-state index in [1.165, 1.54) is 10.7 Å². The number of nitrogens with zero attached hydrogens (tertiary/aromatic N) is 4. The predicted molar refractivity (Wildman–Crippen MR) is 92.6 cm³/mol. The summed E-state index contributed by atoms with van der Waals surface area (Å²) >= 11 is 0. The molecule has 0 aliphatic heterocycles. The highest BCUT2D eigenvalue weighted by atomic mass is 35.5. The van der Waals surface area contributed by atoms with Crippen LogP contribution in [-0.2, 0) is 6.42 Å². The van der Waals surface area contributed by atoms with Crippen molar-refractivity contribution in [3.8, 4) is 17.3 Å². The van der Waals surface area contributed by atoms with Gasteiger partial charge in [0.05, 0.1) is 5.69 Å². The summed E-state index contributed by atoms with van der Waals surface area (Å²) in [5.74, 6) is 0.897. The second-order valence-corrected chi connectivity index (χ2v) is 5.21. The van der Waals surface area contributed by atoms with Gasteiger partial charge in [0.15, 0.2) is 5.82 Å². The van der Waals surface area contributed by atoms with E-state index in [9.17, 15) is 4.79 Å². The fraction of sp³-hybridized carbons (Fsp3) is 0.250. The Labute approximate surface area is 145 Å². The highest BCUT2D eigenvalue weighted by molar-refractivity contribution is 5.85. The van der Waals surface area contributed by atoms with E-state index in [1.54, 1.807) is 6.07 Å². The topological polar surface area (TPSA) is 85.8 Å². The molecule has 1 atom stereocenters.